The van der Waals surface area contributed by atoms with Gasteiger partial charge in [0, 0.05) is 24.2 Å². The first kappa shape index (κ1) is 12.0. The lowest BCUT2D eigenvalue weighted by Gasteiger charge is -2.12. The van der Waals surface area contributed by atoms with Gasteiger partial charge in [0.05, 0.1) is 5.69 Å². The molecule has 1 aliphatic rings. The van der Waals surface area contributed by atoms with E-state index in [9.17, 15) is 4.39 Å². The zero-order valence-corrected chi connectivity index (χ0v) is 10.5. The Morgan fingerprint density at radius 1 is 1.16 bits per heavy atom. The summed E-state index contributed by atoms with van der Waals surface area (Å²) in [6, 6.07) is 6.39. The molecule has 0 spiro atoms. The van der Waals surface area contributed by atoms with Crippen molar-refractivity contribution in [2.24, 2.45) is 0 Å². The van der Waals surface area contributed by atoms with Crippen LogP contribution >= 0.6 is 0 Å². The van der Waals surface area contributed by atoms with Crippen molar-refractivity contribution in [1.82, 2.24) is 15.3 Å². The molecule has 1 aromatic heterocycles. The van der Waals surface area contributed by atoms with Crippen LogP contribution in [-0.2, 0) is 12.8 Å². The molecule has 0 saturated heterocycles. The molecule has 0 fully saturated rings. The van der Waals surface area contributed by atoms with E-state index in [0.717, 1.165) is 43.0 Å². The summed E-state index contributed by atoms with van der Waals surface area (Å²) >= 11 is 0. The number of nitrogens with one attached hydrogen (secondary N) is 2. The molecule has 2 aromatic rings. The zero-order chi connectivity index (χ0) is 13.1. The van der Waals surface area contributed by atoms with Crippen LogP contribution in [0.25, 0.3) is 0 Å². The Morgan fingerprint density at radius 2 is 2.05 bits per heavy atom. The van der Waals surface area contributed by atoms with Gasteiger partial charge in [0.25, 0.3) is 0 Å². The summed E-state index contributed by atoms with van der Waals surface area (Å²) in [5.41, 5.74) is 2.90. The molecule has 5 heteroatoms. The number of nitrogens with zero attached hydrogens (tertiary/aromatic N) is 2. The maximum absolute atomic E-state index is 13.2. The Balaban J connectivity index is 1.93. The lowest BCUT2D eigenvalue weighted by Crippen LogP contribution is -2.16. The van der Waals surface area contributed by atoms with E-state index in [1.165, 1.54) is 12.1 Å². The Morgan fingerprint density at radius 3 is 2.95 bits per heavy atom. The Bertz CT molecular complexity index is 585. The van der Waals surface area contributed by atoms with Crippen LogP contribution in [0.4, 0.5) is 15.9 Å². The second kappa shape index (κ2) is 5.32. The summed E-state index contributed by atoms with van der Waals surface area (Å²) in [5, 5.41) is 6.52. The van der Waals surface area contributed by atoms with Gasteiger partial charge >= 0.3 is 0 Å². The number of benzene rings is 1. The van der Waals surface area contributed by atoms with Gasteiger partial charge < -0.3 is 10.6 Å². The van der Waals surface area contributed by atoms with Crippen LogP contribution in [0, 0.1) is 5.82 Å². The van der Waals surface area contributed by atoms with E-state index in [1.807, 2.05) is 6.07 Å². The number of halogens is 1. The van der Waals surface area contributed by atoms with E-state index in [2.05, 4.69) is 20.6 Å². The van der Waals surface area contributed by atoms with Crippen LogP contribution in [0.1, 0.15) is 11.3 Å². The fourth-order valence-electron chi connectivity index (χ4n) is 2.28. The van der Waals surface area contributed by atoms with Gasteiger partial charge in [-0.25, -0.2) is 14.4 Å². The average molecular weight is 258 g/mol. The Hall–Kier alpha value is -2.01. The van der Waals surface area contributed by atoms with Crippen molar-refractivity contribution in [2.75, 3.05) is 18.4 Å². The molecule has 2 N–H and O–H groups in total. The topological polar surface area (TPSA) is 49.8 Å². The maximum Gasteiger partial charge on any atom is 0.137 e. The third kappa shape index (κ3) is 2.71. The summed E-state index contributed by atoms with van der Waals surface area (Å²) in [7, 11) is 0. The maximum atomic E-state index is 13.2. The first-order valence-electron chi connectivity index (χ1n) is 6.39. The van der Waals surface area contributed by atoms with Crippen LogP contribution in [0.3, 0.4) is 0 Å². The van der Waals surface area contributed by atoms with Gasteiger partial charge in [0.1, 0.15) is 18.0 Å². The Labute approximate surface area is 111 Å². The standard InChI is InChI=1S/C14H15FN4/c15-10-2-1-3-11(8-10)19-14-12-4-6-16-7-5-13(12)17-9-18-14/h1-3,8-9,16H,4-7H2,(H,17,18,19). The van der Waals surface area contributed by atoms with Crippen LogP contribution in [0.2, 0.25) is 0 Å². The molecule has 1 aliphatic heterocycles. The van der Waals surface area contributed by atoms with Crippen molar-refractivity contribution in [3.05, 3.63) is 47.7 Å². The molecular formula is C14H15FN4. The predicted octanol–water partition coefficient (Wildman–Crippen LogP) is 2.05. The summed E-state index contributed by atoms with van der Waals surface area (Å²) in [6.45, 7) is 1.85. The molecule has 0 atom stereocenters. The summed E-state index contributed by atoms with van der Waals surface area (Å²) in [5.74, 6) is 0.520. The fourth-order valence-corrected chi connectivity index (χ4v) is 2.28. The third-order valence-electron chi connectivity index (χ3n) is 3.21. The lowest BCUT2D eigenvalue weighted by molar-refractivity contribution is 0.628. The number of aromatic nitrogens is 2. The van der Waals surface area contributed by atoms with Gasteiger partial charge in [0.15, 0.2) is 0 Å². The van der Waals surface area contributed by atoms with Crippen molar-refractivity contribution in [3.63, 3.8) is 0 Å². The number of hydrogen-bond acceptors (Lipinski definition) is 4. The molecule has 0 bridgehead atoms. The number of fused-ring (bicyclic) bond motifs is 1. The Kier molecular flexibility index (Phi) is 3.37. The molecule has 0 saturated carbocycles. The van der Waals surface area contributed by atoms with Gasteiger partial charge in [-0.15, -0.1) is 0 Å². The molecule has 0 amide bonds. The molecule has 4 nitrogen and oxygen atoms in total. The van der Waals surface area contributed by atoms with Gasteiger partial charge in [-0.1, -0.05) is 6.07 Å². The second-order valence-electron chi connectivity index (χ2n) is 4.53. The predicted molar refractivity (Wildman–Crippen MR) is 72.0 cm³/mol. The monoisotopic (exact) mass is 258 g/mol. The van der Waals surface area contributed by atoms with Crippen LogP contribution < -0.4 is 10.6 Å². The lowest BCUT2D eigenvalue weighted by atomic mass is 10.1. The van der Waals surface area contributed by atoms with Crippen molar-refractivity contribution in [3.8, 4) is 0 Å². The summed E-state index contributed by atoms with van der Waals surface area (Å²) < 4.78 is 13.2. The largest absolute Gasteiger partial charge is 0.340 e. The molecule has 2 heterocycles. The van der Waals surface area contributed by atoms with Gasteiger partial charge in [0.2, 0.25) is 0 Å². The van der Waals surface area contributed by atoms with Crippen molar-refractivity contribution >= 4 is 11.5 Å². The number of rotatable bonds is 2. The SMILES string of the molecule is Fc1cccc(Nc2ncnc3c2CCNCC3)c1. The highest BCUT2D eigenvalue weighted by atomic mass is 19.1. The minimum absolute atomic E-state index is 0.258. The summed E-state index contributed by atoms with van der Waals surface area (Å²) in [6.07, 6.45) is 3.34. The van der Waals surface area contributed by atoms with Gasteiger partial charge in [-0.2, -0.15) is 0 Å². The third-order valence-corrected chi connectivity index (χ3v) is 3.21. The van der Waals surface area contributed by atoms with Gasteiger partial charge in [-0.05, 0) is 31.2 Å². The molecule has 1 aromatic carbocycles. The highest BCUT2D eigenvalue weighted by molar-refractivity contribution is 5.60. The van der Waals surface area contributed by atoms with Crippen LogP contribution in [0.15, 0.2) is 30.6 Å². The van der Waals surface area contributed by atoms with E-state index in [0.29, 0.717) is 5.69 Å². The van der Waals surface area contributed by atoms with Gasteiger partial charge in [-0.3, -0.25) is 0 Å². The van der Waals surface area contributed by atoms with E-state index in [4.69, 9.17) is 0 Å². The number of anilines is 2. The minimum atomic E-state index is -0.258. The molecule has 0 radical (unpaired) electrons. The van der Waals surface area contributed by atoms with E-state index in [1.54, 1.807) is 12.4 Å². The number of hydrogen-bond donors (Lipinski definition) is 2. The molecule has 3 rings (SSSR count). The van der Waals surface area contributed by atoms with Crippen molar-refractivity contribution < 1.29 is 4.39 Å². The molecule has 0 aliphatic carbocycles. The highest BCUT2D eigenvalue weighted by Crippen LogP contribution is 2.22. The van der Waals surface area contributed by atoms with Crippen LogP contribution in [0.5, 0.6) is 0 Å². The normalized spacial score (nSPS) is 14.6. The van der Waals surface area contributed by atoms with Crippen LogP contribution in [-0.4, -0.2) is 23.1 Å². The van der Waals surface area contributed by atoms with E-state index in [-0.39, 0.29) is 5.82 Å². The molecule has 98 valence electrons. The van der Waals surface area contributed by atoms with Crippen molar-refractivity contribution in [1.29, 1.82) is 0 Å². The average Bonchev–Trinajstić information content (AvgIpc) is 2.65. The van der Waals surface area contributed by atoms with Crippen molar-refractivity contribution in [2.45, 2.75) is 12.8 Å². The quantitative estimate of drug-likeness (QED) is 0.865. The van der Waals surface area contributed by atoms with E-state index >= 15 is 0 Å². The van der Waals surface area contributed by atoms with E-state index < -0.39 is 0 Å². The molecule has 19 heavy (non-hydrogen) atoms. The fraction of sp³-hybridized carbons (Fsp3) is 0.286. The molecular weight excluding hydrogens is 243 g/mol. The smallest absolute Gasteiger partial charge is 0.137 e. The summed E-state index contributed by atoms with van der Waals surface area (Å²) in [4.78, 5) is 8.62. The minimum Gasteiger partial charge on any atom is -0.340 e. The first-order chi connectivity index (χ1) is 9.33. The highest BCUT2D eigenvalue weighted by Gasteiger charge is 2.14. The molecule has 0 unspecified atom stereocenters. The first-order valence-corrected chi connectivity index (χ1v) is 6.39. The second-order valence-corrected chi connectivity index (χ2v) is 4.53. The zero-order valence-electron chi connectivity index (χ0n) is 10.5.